The van der Waals surface area contributed by atoms with Crippen LogP contribution in [0.3, 0.4) is 0 Å². The molecule has 0 fully saturated rings. The first-order valence-electron chi connectivity index (χ1n) is 2.01. The van der Waals surface area contributed by atoms with Crippen molar-refractivity contribution in [3.05, 3.63) is 0 Å². The molecule has 0 spiro atoms. The van der Waals surface area contributed by atoms with Crippen LogP contribution in [-0.4, -0.2) is 32.5 Å². The van der Waals surface area contributed by atoms with E-state index in [0.29, 0.717) is 0 Å². The van der Waals surface area contributed by atoms with Gasteiger partial charge in [0.15, 0.2) is 0 Å². The van der Waals surface area contributed by atoms with Crippen LogP contribution in [-0.2, 0) is 4.79 Å². The van der Waals surface area contributed by atoms with Crippen LogP contribution in [0.5, 0.6) is 0 Å². The topological polar surface area (TPSA) is 17.1 Å². The molecule has 1 nitrogen and oxygen atoms in total. The van der Waals surface area contributed by atoms with Gasteiger partial charge in [-0.3, -0.25) is 0 Å². The van der Waals surface area contributed by atoms with Gasteiger partial charge in [-0.05, 0) is 0 Å². The molecule has 0 aliphatic heterocycles. The zero-order valence-electron chi connectivity index (χ0n) is 4.22. The Labute approximate surface area is 55.1 Å². The monoisotopic (exact) mass is 232 g/mol. The third kappa shape index (κ3) is 6.71. The van der Waals surface area contributed by atoms with Gasteiger partial charge in [0, 0.05) is 0 Å². The van der Waals surface area contributed by atoms with Crippen molar-refractivity contribution in [3.63, 3.8) is 0 Å². The van der Waals surface area contributed by atoms with E-state index >= 15 is 0 Å². The summed E-state index contributed by atoms with van der Waals surface area (Å²) in [6, 6.07) is 0. The average molecular weight is 230 g/mol. The van der Waals surface area contributed by atoms with E-state index in [9.17, 15) is 4.79 Å². The van der Waals surface area contributed by atoms with Crippen molar-refractivity contribution >= 4 is 32.5 Å². The molecule has 0 aliphatic rings. The van der Waals surface area contributed by atoms with Gasteiger partial charge in [0.1, 0.15) is 0 Å². The van der Waals surface area contributed by atoms with E-state index in [0.717, 1.165) is 44.3 Å². The Morgan fingerprint density at radius 1 is 1.71 bits per heavy atom. The second-order valence-corrected chi connectivity index (χ2v) is 9.20. The molecule has 7 heavy (non-hydrogen) atoms. The maximum atomic E-state index is 9.70. The van der Waals surface area contributed by atoms with Gasteiger partial charge in [0.25, 0.3) is 0 Å². The molecule has 0 saturated heterocycles. The summed E-state index contributed by atoms with van der Waals surface area (Å²) < 4.78 is 0. The predicted octanol–water partition coefficient (Wildman–Crippen LogP) is 0.365. The van der Waals surface area contributed by atoms with Crippen molar-refractivity contribution in [1.29, 1.82) is 0 Å². The molecular weight excluding hydrogens is 222 g/mol. The van der Waals surface area contributed by atoms with Gasteiger partial charge in [-0.25, -0.2) is 0 Å². The van der Waals surface area contributed by atoms with Crippen LogP contribution < -0.4 is 0 Å². The van der Waals surface area contributed by atoms with Crippen molar-refractivity contribution in [2.75, 3.05) is 0 Å². The van der Waals surface area contributed by atoms with Gasteiger partial charge in [-0.1, -0.05) is 0 Å². The molecule has 0 rings (SSSR count). The van der Waals surface area contributed by atoms with Crippen molar-refractivity contribution in [1.82, 2.24) is 0 Å². The zero-order chi connectivity index (χ0) is 5.54. The minimum absolute atomic E-state index is 0.787. The molecule has 0 aromatic rings. The minimum atomic E-state index is 0.787. The molecule has 0 bridgehead atoms. The summed E-state index contributed by atoms with van der Waals surface area (Å²) in [5, 5.41) is 1.16. The molecule has 0 aromatic heterocycles. The maximum absolute atomic E-state index is 9.70. The quantitative estimate of drug-likeness (QED) is 0.387. The molecule has 3 heteroatoms. The second-order valence-electron chi connectivity index (χ2n) is 0.944. The number of hydrogen-bond donors (Lipinski definition) is 0. The Hall–Kier alpha value is 0.709. The van der Waals surface area contributed by atoms with Gasteiger partial charge < -0.3 is 0 Å². The Morgan fingerprint density at radius 3 is 2.86 bits per heavy atom. The fourth-order valence-electron chi connectivity index (χ4n) is 0.180. The standard InChI is InChI=1S/C4H8OSe2/c1-6-7-4-2-3-5/h3H,2,4H2,1H3. The average Bonchev–Trinajstić information content (AvgIpc) is 1.69. The van der Waals surface area contributed by atoms with Crippen molar-refractivity contribution in [2.45, 2.75) is 17.6 Å². The van der Waals surface area contributed by atoms with E-state index in [2.05, 4.69) is 5.82 Å². The molecule has 0 unspecified atom stereocenters. The Kier molecular flexibility index (Phi) is 7.39. The number of carbonyl (C=O) groups is 1. The molecule has 0 heterocycles. The zero-order valence-corrected chi connectivity index (χ0v) is 7.64. The van der Waals surface area contributed by atoms with Crippen molar-refractivity contribution in [3.8, 4) is 0 Å². The molecule has 0 amide bonds. The summed E-state index contributed by atoms with van der Waals surface area (Å²) in [5.41, 5.74) is 0. The molecular formula is C4H8OSe2. The van der Waals surface area contributed by atoms with Crippen LogP contribution in [0.4, 0.5) is 0 Å². The summed E-state index contributed by atoms with van der Waals surface area (Å²) in [6.07, 6.45) is 1.79. The molecule has 0 atom stereocenters. The van der Waals surface area contributed by atoms with Crippen molar-refractivity contribution < 1.29 is 4.79 Å². The molecule has 0 aliphatic carbocycles. The normalized spacial score (nSPS) is 8.71. The summed E-state index contributed by atoms with van der Waals surface area (Å²) in [7, 11) is 0. The molecule has 0 aromatic carbocycles. The third-order valence-electron chi connectivity index (χ3n) is 0.437. The van der Waals surface area contributed by atoms with E-state index in [1.54, 1.807) is 0 Å². The molecule has 42 valence electrons. The first-order valence-corrected chi connectivity index (χ1v) is 9.27. The Bertz CT molecular complexity index is 47.0. The fraction of sp³-hybridized carbons (Fsp3) is 0.750. The summed E-state index contributed by atoms with van der Waals surface area (Å²) in [5.74, 6) is 2.22. The van der Waals surface area contributed by atoms with Gasteiger partial charge >= 0.3 is 54.9 Å². The van der Waals surface area contributed by atoms with Gasteiger partial charge in [0.2, 0.25) is 0 Å². The van der Waals surface area contributed by atoms with Crippen LogP contribution in [0.2, 0.25) is 11.1 Å². The molecule has 0 radical (unpaired) electrons. The number of rotatable bonds is 4. The predicted molar refractivity (Wildman–Crippen MR) is 32.9 cm³/mol. The van der Waals surface area contributed by atoms with Crippen LogP contribution >= 0.6 is 0 Å². The number of carbonyl (C=O) groups excluding carboxylic acids is 1. The van der Waals surface area contributed by atoms with Crippen molar-refractivity contribution in [2.24, 2.45) is 0 Å². The molecule has 0 N–H and O–H groups in total. The van der Waals surface area contributed by atoms with Crippen LogP contribution in [0.15, 0.2) is 0 Å². The first kappa shape index (κ1) is 7.71. The number of aldehydes is 1. The van der Waals surface area contributed by atoms with Gasteiger partial charge in [-0.15, -0.1) is 0 Å². The van der Waals surface area contributed by atoms with E-state index in [4.69, 9.17) is 0 Å². The third-order valence-corrected chi connectivity index (χ3v) is 6.16. The van der Waals surface area contributed by atoms with E-state index in [1.165, 1.54) is 0 Å². The van der Waals surface area contributed by atoms with Gasteiger partial charge in [-0.2, -0.15) is 0 Å². The first-order chi connectivity index (χ1) is 3.41. The Balaban J connectivity index is 2.56. The van der Waals surface area contributed by atoms with E-state index in [-0.39, 0.29) is 0 Å². The fourth-order valence-corrected chi connectivity index (χ4v) is 3.80. The second kappa shape index (κ2) is 6.71. The van der Waals surface area contributed by atoms with Crippen LogP contribution in [0.25, 0.3) is 0 Å². The SMILES string of the molecule is C[Se][Se]CCC=O. The number of hydrogen-bond acceptors (Lipinski definition) is 1. The van der Waals surface area contributed by atoms with E-state index in [1.807, 2.05) is 0 Å². The van der Waals surface area contributed by atoms with Gasteiger partial charge in [0.05, 0.1) is 0 Å². The van der Waals surface area contributed by atoms with Crippen LogP contribution in [0.1, 0.15) is 6.42 Å². The van der Waals surface area contributed by atoms with Crippen LogP contribution in [0, 0.1) is 0 Å². The summed E-state index contributed by atoms with van der Waals surface area (Å²) in [6.45, 7) is 0. The van der Waals surface area contributed by atoms with E-state index < -0.39 is 0 Å². The Morgan fingerprint density at radius 2 is 2.43 bits per heavy atom. The summed E-state index contributed by atoms with van der Waals surface area (Å²) >= 11 is 1.63. The molecule has 0 saturated carbocycles. The summed E-state index contributed by atoms with van der Waals surface area (Å²) in [4.78, 5) is 9.70.